The molecular formula is C22H18ClN5O4S. The molecule has 33 heavy (non-hydrogen) atoms. The smallest absolute Gasteiger partial charge is 0.289 e. The number of hydrogen-bond acceptors (Lipinski definition) is 7. The number of nitrogens with one attached hydrogen (secondary N) is 2. The van der Waals surface area contributed by atoms with Crippen LogP contribution in [0, 0.1) is 24.0 Å². The zero-order chi connectivity index (χ0) is 23.8. The first-order chi connectivity index (χ1) is 15.6. The van der Waals surface area contributed by atoms with E-state index >= 15 is 0 Å². The molecule has 11 heteroatoms. The molecule has 1 aromatic heterocycles. The molecule has 2 N–H and O–H groups in total. The maximum atomic E-state index is 13.1. The average molecular weight is 484 g/mol. The molecule has 0 unspecified atom stereocenters. The van der Waals surface area contributed by atoms with Crippen molar-refractivity contribution >= 4 is 55.7 Å². The molecule has 0 fully saturated rings. The van der Waals surface area contributed by atoms with Gasteiger partial charge in [-0.1, -0.05) is 41.4 Å². The van der Waals surface area contributed by atoms with Gasteiger partial charge in [-0.25, -0.2) is 18.4 Å². The van der Waals surface area contributed by atoms with E-state index in [2.05, 4.69) is 20.0 Å². The number of nitrogens with zero attached hydrogens (tertiary/aromatic N) is 3. The first-order valence-electron chi connectivity index (χ1n) is 9.72. The van der Waals surface area contributed by atoms with Gasteiger partial charge in [0.05, 0.1) is 20.9 Å². The van der Waals surface area contributed by atoms with Gasteiger partial charge in [-0.2, -0.15) is 0 Å². The van der Waals surface area contributed by atoms with Gasteiger partial charge in [0.15, 0.2) is 11.6 Å². The van der Waals surface area contributed by atoms with Crippen LogP contribution >= 0.6 is 11.6 Å². The van der Waals surface area contributed by atoms with Crippen LogP contribution in [0.4, 0.5) is 23.0 Å². The second-order valence-electron chi connectivity index (χ2n) is 7.33. The second kappa shape index (κ2) is 8.64. The van der Waals surface area contributed by atoms with Crippen molar-refractivity contribution in [3.8, 4) is 0 Å². The molecule has 0 aliphatic heterocycles. The minimum absolute atomic E-state index is 0.0497. The molecule has 1 heterocycles. The normalized spacial score (nSPS) is 11.4. The Kier molecular flexibility index (Phi) is 5.88. The van der Waals surface area contributed by atoms with Gasteiger partial charge in [-0.3, -0.25) is 14.8 Å². The predicted octanol–water partition coefficient (Wildman–Crippen LogP) is 5.35. The molecule has 0 radical (unpaired) electrons. The number of rotatable bonds is 6. The number of sulfonamides is 1. The molecule has 0 saturated heterocycles. The Labute approximate surface area is 194 Å². The fourth-order valence-corrected chi connectivity index (χ4v) is 4.44. The summed E-state index contributed by atoms with van der Waals surface area (Å²) in [6, 6.07) is 16.0. The summed E-state index contributed by atoms with van der Waals surface area (Å²) in [6.45, 7) is 3.89. The summed E-state index contributed by atoms with van der Waals surface area (Å²) in [6.07, 6.45) is 0. The summed E-state index contributed by atoms with van der Waals surface area (Å²) >= 11 is 5.82. The summed E-state index contributed by atoms with van der Waals surface area (Å²) in [5, 5.41) is 14.2. The molecule has 0 spiro atoms. The summed E-state index contributed by atoms with van der Waals surface area (Å²) < 4.78 is 28.5. The lowest BCUT2D eigenvalue weighted by Gasteiger charge is -2.15. The molecule has 0 atom stereocenters. The molecule has 0 bridgehead atoms. The SMILES string of the molecule is Cc1ccc(Nc2nc3ccccc3nc2NS(=O)(=O)c2ccc(Cl)c([N+](=O)[O-])c2)c(C)c1. The Morgan fingerprint density at radius 2 is 1.61 bits per heavy atom. The minimum Gasteiger partial charge on any atom is -0.337 e. The van der Waals surface area contributed by atoms with E-state index in [0.717, 1.165) is 28.9 Å². The van der Waals surface area contributed by atoms with Crippen LogP contribution in [0.1, 0.15) is 11.1 Å². The van der Waals surface area contributed by atoms with Crippen LogP contribution in [0.5, 0.6) is 0 Å². The second-order valence-corrected chi connectivity index (χ2v) is 9.42. The minimum atomic E-state index is -4.24. The average Bonchev–Trinajstić information content (AvgIpc) is 2.75. The molecule has 4 aromatic rings. The highest BCUT2D eigenvalue weighted by atomic mass is 35.5. The Balaban J connectivity index is 1.80. The van der Waals surface area contributed by atoms with Crippen LogP contribution in [0.3, 0.4) is 0 Å². The van der Waals surface area contributed by atoms with Crippen molar-refractivity contribution in [1.82, 2.24) is 9.97 Å². The number of nitro groups is 1. The van der Waals surface area contributed by atoms with Crippen molar-refractivity contribution in [3.63, 3.8) is 0 Å². The highest BCUT2D eigenvalue weighted by Gasteiger charge is 2.23. The van der Waals surface area contributed by atoms with Gasteiger partial charge < -0.3 is 5.32 Å². The molecule has 4 rings (SSSR count). The highest BCUT2D eigenvalue weighted by Crippen LogP contribution is 2.31. The number of fused-ring (bicyclic) bond motifs is 1. The van der Waals surface area contributed by atoms with E-state index in [9.17, 15) is 18.5 Å². The van der Waals surface area contributed by atoms with Crippen LogP contribution in [0.15, 0.2) is 65.6 Å². The van der Waals surface area contributed by atoms with Gasteiger partial charge in [-0.05, 0) is 49.7 Å². The van der Waals surface area contributed by atoms with Gasteiger partial charge in [0.2, 0.25) is 0 Å². The first-order valence-corrected chi connectivity index (χ1v) is 11.6. The quantitative estimate of drug-likeness (QED) is 0.279. The molecule has 3 aromatic carbocycles. The number of hydrogen-bond donors (Lipinski definition) is 2. The van der Waals surface area contributed by atoms with E-state index < -0.39 is 20.6 Å². The van der Waals surface area contributed by atoms with Crippen molar-refractivity contribution < 1.29 is 13.3 Å². The third kappa shape index (κ3) is 4.71. The van der Waals surface area contributed by atoms with Crippen molar-refractivity contribution in [2.75, 3.05) is 10.0 Å². The maximum Gasteiger partial charge on any atom is 0.289 e. The third-order valence-corrected chi connectivity index (χ3v) is 6.52. The number of aromatic nitrogens is 2. The van der Waals surface area contributed by atoms with Gasteiger partial charge in [-0.15, -0.1) is 0 Å². The third-order valence-electron chi connectivity index (χ3n) is 4.86. The lowest BCUT2D eigenvalue weighted by atomic mass is 10.1. The molecule has 9 nitrogen and oxygen atoms in total. The molecule has 0 saturated carbocycles. The number of anilines is 3. The molecule has 0 aliphatic rings. The number of nitro benzene ring substituents is 1. The van der Waals surface area contributed by atoms with E-state index in [1.807, 2.05) is 32.0 Å². The van der Waals surface area contributed by atoms with Gasteiger partial charge in [0.25, 0.3) is 15.7 Å². The van der Waals surface area contributed by atoms with E-state index in [1.54, 1.807) is 24.3 Å². The standard InChI is InChI=1S/C22H18ClN5O4S/c1-13-7-10-17(14(2)11-13)24-21-22(26-19-6-4-3-5-18(19)25-21)27-33(31,32)15-8-9-16(23)20(12-15)28(29)30/h3-12H,1-2H3,(H,24,25)(H,26,27). The first kappa shape index (κ1) is 22.4. The van der Waals surface area contributed by atoms with E-state index in [-0.39, 0.29) is 21.6 Å². The molecule has 168 valence electrons. The predicted molar refractivity (Wildman–Crippen MR) is 128 cm³/mol. The lowest BCUT2D eigenvalue weighted by Crippen LogP contribution is -2.16. The van der Waals surface area contributed by atoms with Crippen molar-refractivity contribution in [2.45, 2.75) is 18.7 Å². The zero-order valence-corrected chi connectivity index (χ0v) is 19.1. The van der Waals surface area contributed by atoms with E-state index in [1.165, 1.54) is 6.07 Å². The van der Waals surface area contributed by atoms with Crippen molar-refractivity contribution in [1.29, 1.82) is 0 Å². The number of halogens is 1. The van der Waals surface area contributed by atoms with E-state index in [4.69, 9.17) is 11.6 Å². The summed E-state index contributed by atoms with van der Waals surface area (Å²) in [5.74, 6) is 0.138. The fraction of sp³-hybridized carbons (Fsp3) is 0.0909. The van der Waals surface area contributed by atoms with Crippen LogP contribution in [0.2, 0.25) is 5.02 Å². The Morgan fingerprint density at radius 1 is 0.939 bits per heavy atom. The highest BCUT2D eigenvalue weighted by molar-refractivity contribution is 7.92. The largest absolute Gasteiger partial charge is 0.337 e. The van der Waals surface area contributed by atoms with Gasteiger partial charge >= 0.3 is 0 Å². The maximum absolute atomic E-state index is 13.1. The topological polar surface area (TPSA) is 127 Å². The Morgan fingerprint density at radius 3 is 2.24 bits per heavy atom. The summed E-state index contributed by atoms with van der Waals surface area (Å²) in [5.41, 5.74) is 3.27. The van der Waals surface area contributed by atoms with Crippen LogP contribution in [0.25, 0.3) is 11.0 Å². The number of benzene rings is 3. The van der Waals surface area contributed by atoms with Crippen molar-refractivity contribution in [3.05, 3.63) is 86.9 Å². The van der Waals surface area contributed by atoms with Gasteiger partial charge in [0.1, 0.15) is 5.02 Å². The molecular weight excluding hydrogens is 466 g/mol. The number of para-hydroxylation sites is 2. The Bertz CT molecular complexity index is 1510. The van der Waals surface area contributed by atoms with Crippen molar-refractivity contribution in [2.24, 2.45) is 0 Å². The van der Waals surface area contributed by atoms with E-state index in [0.29, 0.717) is 11.0 Å². The monoisotopic (exact) mass is 483 g/mol. The molecule has 0 amide bonds. The zero-order valence-electron chi connectivity index (χ0n) is 17.5. The van der Waals surface area contributed by atoms with Crippen LogP contribution < -0.4 is 10.0 Å². The summed E-state index contributed by atoms with van der Waals surface area (Å²) in [4.78, 5) is 19.1. The van der Waals surface area contributed by atoms with Gasteiger partial charge in [0, 0.05) is 11.8 Å². The fourth-order valence-electron chi connectivity index (χ4n) is 3.23. The summed E-state index contributed by atoms with van der Waals surface area (Å²) in [7, 11) is -4.24. The molecule has 0 aliphatic carbocycles. The van der Waals surface area contributed by atoms with Crippen LogP contribution in [-0.4, -0.2) is 23.3 Å². The number of aryl methyl sites for hydroxylation is 2. The van der Waals surface area contributed by atoms with Crippen LogP contribution in [-0.2, 0) is 10.0 Å². The Hall–Kier alpha value is -3.76. The lowest BCUT2D eigenvalue weighted by molar-refractivity contribution is -0.384.